The van der Waals surface area contributed by atoms with Crippen LogP contribution < -0.4 is 10.6 Å². The van der Waals surface area contributed by atoms with Gasteiger partial charge in [0.25, 0.3) is 5.91 Å². The van der Waals surface area contributed by atoms with E-state index >= 15 is 0 Å². The van der Waals surface area contributed by atoms with Crippen molar-refractivity contribution in [1.82, 2.24) is 0 Å². The predicted molar refractivity (Wildman–Crippen MR) is 85.0 cm³/mol. The fraction of sp³-hybridized carbons (Fsp3) is 0.188. The van der Waals surface area contributed by atoms with Crippen LogP contribution >= 0.6 is 12.4 Å². The van der Waals surface area contributed by atoms with Crippen LogP contribution in [0.4, 0.5) is 11.4 Å². The van der Waals surface area contributed by atoms with Crippen molar-refractivity contribution in [3.05, 3.63) is 59.2 Å². The third-order valence-corrected chi connectivity index (χ3v) is 3.46. The average molecular weight is 289 g/mol. The maximum atomic E-state index is 12.2. The fourth-order valence-electron chi connectivity index (χ4n) is 2.41. The van der Waals surface area contributed by atoms with Gasteiger partial charge in [0.05, 0.1) is 0 Å². The van der Waals surface area contributed by atoms with Gasteiger partial charge in [-0.1, -0.05) is 18.2 Å². The molecule has 0 saturated carbocycles. The summed E-state index contributed by atoms with van der Waals surface area (Å²) in [5.41, 5.74) is 5.01. The van der Waals surface area contributed by atoms with Gasteiger partial charge in [-0.3, -0.25) is 4.79 Å². The van der Waals surface area contributed by atoms with E-state index in [9.17, 15) is 4.79 Å². The topological polar surface area (TPSA) is 41.1 Å². The van der Waals surface area contributed by atoms with Crippen molar-refractivity contribution < 1.29 is 4.79 Å². The van der Waals surface area contributed by atoms with Crippen LogP contribution in [0.2, 0.25) is 0 Å². The largest absolute Gasteiger partial charge is 0.384 e. The first-order chi connectivity index (χ1) is 9.24. The van der Waals surface area contributed by atoms with Crippen LogP contribution in [0.5, 0.6) is 0 Å². The summed E-state index contributed by atoms with van der Waals surface area (Å²) < 4.78 is 0. The van der Waals surface area contributed by atoms with Crippen LogP contribution in [0.1, 0.15) is 21.5 Å². The second-order valence-electron chi connectivity index (χ2n) is 4.82. The number of anilines is 2. The number of nitrogens with one attached hydrogen (secondary N) is 2. The molecule has 0 radical (unpaired) electrons. The molecule has 0 unspecified atom stereocenters. The molecule has 0 aromatic heterocycles. The Bertz CT molecular complexity index is 640. The maximum absolute atomic E-state index is 12.2. The molecule has 0 fully saturated rings. The van der Waals surface area contributed by atoms with E-state index in [-0.39, 0.29) is 18.3 Å². The maximum Gasteiger partial charge on any atom is 0.255 e. The first-order valence-electron chi connectivity index (χ1n) is 6.48. The Morgan fingerprint density at radius 1 is 1.20 bits per heavy atom. The van der Waals surface area contributed by atoms with Crippen LogP contribution in [-0.2, 0) is 6.42 Å². The summed E-state index contributed by atoms with van der Waals surface area (Å²) in [7, 11) is 0. The summed E-state index contributed by atoms with van der Waals surface area (Å²) in [4.78, 5) is 12.2. The van der Waals surface area contributed by atoms with Gasteiger partial charge in [-0.15, -0.1) is 12.4 Å². The van der Waals surface area contributed by atoms with Crippen molar-refractivity contribution >= 4 is 29.7 Å². The molecule has 0 bridgehead atoms. The van der Waals surface area contributed by atoms with Gasteiger partial charge >= 0.3 is 0 Å². The van der Waals surface area contributed by atoms with E-state index in [1.807, 2.05) is 49.4 Å². The van der Waals surface area contributed by atoms with Crippen molar-refractivity contribution in [3.63, 3.8) is 0 Å². The SMILES string of the molecule is Cc1ccccc1C(=O)Nc1ccc2c(c1)CCN2.Cl. The Hall–Kier alpha value is -2.00. The minimum Gasteiger partial charge on any atom is -0.384 e. The summed E-state index contributed by atoms with van der Waals surface area (Å²) in [6, 6.07) is 13.6. The quantitative estimate of drug-likeness (QED) is 0.886. The zero-order valence-electron chi connectivity index (χ0n) is 11.3. The summed E-state index contributed by atoms with van der Waals surface area (Å²) in [5, 5.41) is 6.27. The third-order valence-electron chi connectivity index (χ3n) is 3.46. The van der Waals surface area contributed by atoms with Gasteiger partial charge in [-0.25, -0.2) is 0 Å². The molecule has 1 heterocycles. The van der Waals surface area contributed by atoms with E-state index in [0.29, 0.717) is 0 Å². The molecule has 2 aromatic carbocycles. The molecule has 1 aliphatic rings. The van der Waals surface area contributed by atoms with E-state index in [1.54, 1.807) is 0 Å². The Balaban J connectivity index is 0.00000147. The molecule has 0 spiro atoms. The van der Waals surface area contributed by atoms with Crippen LogP contribution in [-0.4, -0.2) is 12.5 Å². The Morgan fingerprint density at radius 2 is 2.00 bits per heavy atom. The lowest BCUT2D eigenvalue weighted by Crippen LogP contribution is -2.13. The molecule has 0 aliphatic carbocycles. The standard InChI is InChI=1S/C16H16N2O.ClH/c1-11-4-2-3-5-14(11)16(19)18-13-6-7-15-12(10-13)8-9-17-15;/h2-7,10,17H,8-9H2,1H3,(H,18,19);1H. The zero-order valence-corrected chi connectivity index (χ0v) is 12.1. The van der Waals surface area contributed by atoms with E-state index < -0.39 is 0 Å². The molecule has 0 saturated heterocycles. The van der Waals surface area contributed by atoms with Gasteiger partial charge in [-0.05, 0) is 48.7 Å². The van der Waals surface area contributed by atoms with Crippen molar-refractivity contribution in [2.75, 3.05) is 17.2 Å². The molecule has 2 aromatic rings. The van der Waals surface area contributed by atoms with Crippen molar-refractivity contribution in [2.45, 2.75) is 13.3 Å². The molecule has 0 atom stereocenters. The second kappa shape index (κ2) is 5.97. The molecule has 2 N–H and O–H groups in total. The molecule has 3 rings (SSSR count). The normalized spacial score (nSPS) is 12.1. The number of halogens is 1. The minimum absolute atomic E-state index is 0. The zero-order chi connectivity index (χ0) is 13.2. The minimum atomic E-state index is -0.0518. The summed E-state index contributed by atoms with van der Waals surface area (Å²) >= 11 is 0. The number of benzene rings is 2. The van der Waals surface area contributed by atoms with Gasteiger partial charge in [0.2, 0.25) is 0 Å². The van der Waals surface area contributed by atoms with Crippen LogP contribution in [0.15, 0.2) is 42.5 Å². The highest BCUT2D eigenvalue weighted by Crippen LogP contribution is 2.25. The predicted octanol–water partition coefficient (Wildman–Crippen LogP) is 3.64. The van der Waals surface area contributed by atoms with E-state index in [4.69, 9.17) is 0 Å². The van der Waals surface area contributed by atoms with E-state index in [0.717, 1.165) is 29.8 Å². The molecule has 1 amide bonds. The highest BCUT2D eigenvalue weighted by molar-refractivity contribution is 6.05. The number of rotatable bonds is 2. The molecular weight excluding hydrogens is 272 g/mol. The van der Waals surface area contributed by atoms with E-state index in [2.05, 4.69) is 10.6 Å². The first kappa shape index (κ1) is 14.4. The number of fused-ring (bicyclic) bond motifs is 1. The number of hydrogen-bond acceptors (Lipinski definition) is 2. The molecule has 3 nitrogen and oxygen atoms in total. The first-order valence-corrected chi connectivity index (χ1v) is 6.48. The molecular formula is C16H17ClN2O. The summed E-state index contributed by atoms with van der Waals surface area (Å²) in [6.07, 6.45) is 1.02. The Kier molecular flexibility index (Phi) is 4.30. The highest BCUT2D eigenvalue weighted by atomic mass is 35.5. The van der Waals surface area contributed by atoms with Crippen molar-refractivity contribution in [3.8, 4) is 0 Å². The van der Waals surface area contributed by atoms with Crippen LogP contribution in [0, 0.1) is 6.92 Å². The van der Waals surface area contributed by atoms with Crippen LogP contribution in [0.3, 0.4) is 0 Å². The number of aryl methyl sites for hydroxylation is 1. The molecule has 104 valence electrons. The fourth-order valence-corrected chi connectivity index (χ4v) is 2.41. The number of carbonyl (C=O) groups excluding carboxylic acids is 1. The lowest BCUT2D eigenvalue weighted by molar-refractivity contribution is 0.102. The summed E-state index contributed by atoms with van der Waals surface area (Å²) in [6.45, 7) is 2.92. The smallest absolute Gasteiger partial charge is 0.255 e. The van der Waals surface area contributed by atoms with Crippen molar-refractivity contribution in [2.24, 2.45) is 0 Å². The number of hydrogen-bond donors (Lipinski definition) is 2. The highest BCUT2D eigenvalue weighted by Gasteiger charge is 2.12. The molecule has 20 heavy (non-hydrogen) atoms. The van der Waals surface area contributed by atoms with Crippen molar-refractivity contribution in [1.29, 1.82) is 0 Å². The van der Waals surface area contributed by atoms with Gasteiger partial charge < -0.3 is 10.6 Å². The average Bonchev–Trinajstić information content (AvgIpc) is 2.86. The lowest BCUT2D eigenvalue weighted by atomic mass is 10.1. The van der Waals surface area contributed by atoms with Gasteiger partial charge in [-0.2, -0.15) is 0 Å². The van der Waals surface area contributed by atoms with Gasteiger partial charge in [0, 0.05) is 23.5 Å². The molecule has 1 aliphatic heterocycles. The van der Waals surface area contributed by atoms with Crippen LogP contribution in [0.25, 0.3) is 0 Å². The Labute approximate surface area is 124 Å². The second-order valence-corrected chi connectivity index (χ2v) is 4.82. The monoisotopic (exact) mass is 288 g/mol. The van der Waals surface area contributed by atoms with Gasteiger partial charge in [0.1, 0.15) is 0 Å². The lowest BCUT2D eigenvalue weighted by Gasteiger charge is -2.09. The van der Waals surface area contributed by atoms with E-state index in [1.165, 1.54) is 11.3 Å². The third kappa shape index (κ3) is 2.78. The number of carbonyl (C=O) groups is 1. The summed E-state index contributed by atoms with van der Waals surface area (Å²) in [5.74, 6) is -0.0518. The van der Waals surface area contributed by atoms with Gasteiger partial charge in [0.15, 0.2) is 0 Å². The molecule has 4 heteroatoms. The Morgan fingerprint density at radius 3 is 2.80 bits per heavy atom. The number of amides is 1.